The lowest BCUT2D eigenvalue weighted by atomic mass is 10.1. The van der Waals surface area contributed by atoms with Crippen molar-refractivity contribution in [3.8, 4) is 10.6 Å². The van der Waals surface area contributed by atoms with E-state index in [4.69, 9.17) is 0 Å². The van der Waals surface area contributed by atoms with E-state index < -0.39 is 16.3 Å². The first-order valence-electron chi connectivity index (χ1n) is 11.7. The SMILES string of the molecule is Cc1cc(Cc2cc(Nc3ccc(-c4nc(C)cs4)cc3S(C)(=O)=O)c3c(n2)CC(C(F)F)=N3)nc(C)n1. The highest BCUT2D eigenvalue weighted by molar-refractivity contribution is 7.90. The van der Waals surface area contributed by atoms with Crippen molar-refractivity contribution in [1.29, 1.82) is 0 Å². The average molecular weight is 555 g/mol. The van der Waals surface area contributed by atoms with E-state index in [0.29, 0.717) is 45.6 Å². The zero-order valence-electron chi connectivity index (χ0n) is 21.1. The van der Waals surface area contributed by atoms with Crippen LogP contribution in [0.2, 0.25) is 0 Å². The third-order valence-electron chi connectivity index (χ3n) is 5.87. The number of benzene rings is 1. The average Bonchev–Trinajstić information content (AvgIpc) is 3.45. The van der Waals surface area contributed by atoms with Gasteiger partial charge in [-0.1, -0.05) is 0 Å². The first-order valence-corrected chi connectivity index (χ1v) is 14.5. The van der Waals surface area contributed by atoms with Crippen molar-refractivity contribution in [3.63, 3.8) is 0 Å². The molecule has 0 bridgehead atoms. The Morgan fingerprint density at radius 2 is 1.74 bits per heavy atom. The minimum absolute atomic E-state index is 0.0630. The molecule has 0 saturated carbocycles. The molecule has 1 aliphatic heterocycles. The third-order valence-corrected chi connectivity index (χ3v) is 8.02. The molecule has 5 rings (SSSR count). The fourth-order valence-corrected chi connectivity index (χ4v) is 5.98. The number of hydrogen-bond acceptors (Lipinski definition) is 9. The molecule has 0 fully saturated rings. The van der Waals surface area contributed by atoms with Gasteiger partial charge in [-0.3, -0.25) is 4.98 Å². The lowest BCUT2D eigenvalue weighted by Crippen LogP contribution is -2.10. The van der Waals surface area contributed by atoms with Crippen LogP contribution in [0.3, 0.4) is 0 Å². The molecule has 196 valence electrons. The summed E-state index contributed by atoms with van der Waals surface area (Å²) in [5.74, 6) is 0.621. The molecule has 1 aliphatic rings. The molecule has 8 nitrogen and oxygen atoms in total. The van der Waals surface area contributed by atoms with Crippen molar-refractivity contribution in [2.45, 2.75) is 44.9 Å². The van der Waals surface area contributed by atoms with Crippen LogP contribution in [0.1, 0.15) is 34.3 Å². The number of thiazole rings is 1. The van der Waals surface area contributed by atoms with Gasteiger partial charge in [-0.25, -0.2) is 37.1 Å². The van der Waals surface area contributed by atoms with Gasteiger partial charge in [0.2, 0.25) is 0 Å². The van der Waals surface area contributed by atoms with Gasteiger partial charge in [0.15, 0.2) is 9.84 Å². The summed E-state index contributed by atoms with van der Waals surface area (Å²) in [5, 5.41) is 5.74. The molecule has 4 aromatic rings. The molecule has 1 aromatic carbocycles. The standard InChI is InChI=1S/C26H24F2N6O2S2/c1-13-7-17(31-15(3)29-13)9-18-10-20(24-21(32-18)11-22(34-24)25(27)28)33-19-6-5-16(8-23(19)38(4,35)36)26-30-14(2)12-37-26/h5-8,10,12,25H,9,11H2,1-4H3,(H,32,33). The van der Waals surface area contributed by atoms with Crippen LogP contribution < -0.4 is 5.32 Å². The molecule has 1 N–H and O–H groups in total. The molecule has 3 aromatic heterocycles. The molecular formula is C26H24F2N6O2S2. The van der Waals surface area contributed by atoms with Crippen molar-refractivity contribution >= 4 is 43.9 Å². The van der Waals surface area contributed by atoms with Gasteiger partial charge in [-0.15, -0.1) is 11.3 Å². The van der Waals surface area contributed by atoms with Crippen molar-refractivity contribution < 1.29 is 17.2 Å². The van der Waals surface area contributed by atoms with Gasteiger partial charge < -0.3 is 5.32 Å². The van der Waals surface area contributed by atoms with Gasteiger partial charge >= 0.3 is 0 Å². The maximum Gasteiger partial charge on any atom is 0.277 e. The van der Waals surface area contributed by atoms with Crippen molar-refractivity contribution in [1.82, 2.24) is 19.9 Å². The van der Waals surface area contributed by atoms with Crippen LogP contribution in [0.15, 0.2) is 45.6 Å². The zero-order chi connectivity index (χ0) is 27.2. The predicted octanol–water partition coefficient (Wildman–Crippen LogP) is 5.55. The number of rotatable bonds is 7. The first kappa shape index (κ1) is 26.0. The molecule has 0 atom stereocenters. The van der Waals surface area contributed by atoms with Crippen molar-refractivity contribution in [3.05, 3.63) is 70.0 Å². The molecule has 0 spiro atoms. The summed E-state index contributed by atoms with van der Waals surface area (Å²) in [7, 11) is -3.66. The summed E-state index contributed by atoms with van der Waals surface area (Å²) in [6.07, 6.45) is -1.34. The Labute approximate surface area is 222 Å². The number of hydrogen-bond donors (Lipinski definition) is 1. The van der Waals surface area contributed by atoms with E-state index in [2.05, 4.69) is 30.2 Å². The topological polar surface area (TPSA) is 110 Å². The molecule has 0 aliphatic carbocycles. The maximum absolute atomic E-state index is 13.5. The Morgan fingerprint density at radius 1 is 0.974 bits per heavy atom. The Hall–Kier alpha value is -3.64. The van der Waals surface area contributed by atoms with Gasteiger partial charge in [-0.05, 0) is 51.1 Å². The molecule has 12 heteroatoms. The highest BCUT2D eigenvalue weighted by Gasteiger charge is 2.27. The van der Waals surface area contributed by atoms with Gasteiger partial charge in [0.1, 0.15) is 16.5 Å². The minimum Gasteiger partial charge on any atom is -0.353 e. The van der Waals surface area contributed by atoms with E-state index in [0.717, 1.165) is 23.3 Å². The minimum atomic E-state index is -3.66. The van der Waals surface area contributed by atoms with Crippen LogP contribution in [0.4, 0.5) is 25.8 Å². The van der Waals surface area contributed by atoms with E-state index in [1.807, 2.05) is 25.3 Å². The Bertz CT molecular complexity index is 1680. The third kappa shape index (κ3) is 5.46. The molecule has 0 radical (unpaired) electrons. The quantitative estimate of drug-likeness (QED) is 0.319. The first-order chi connectivity index (χ1) is 18.0. The predicted molar refractivity (Wildman–Crippen MR) is 144 cm³/mol. The summed E-state index contributed by atoms with van der Waals surface area (Å²) in [6, 6.07) is 8.54. The van der Waals surface area contributed by atoms with Crippen LogP contribution in [0.5, 0.6) is 0 Å². The fraction of sp³-hybridized carbons (Fsp3) is 0.269. The fourth-order valence-electron chi connectivity index (χ4n) is 4.33. The number of pyridine rings is 1. The summed E-state index contributed by atoms with van der Waals surface area (Å²) in [5.41, 5.74) is 4.74. The molecule has 4 heterocycles. The highest BCUT2D eigenvalue weighted by Crippen LogP contribution is 2.39. The van der Waals surface area contributed by atoms with Gasteiger partial charge in [0, 0.05) is 47.1 Å². The number of nitrogens with one attached hydrogen (secondary N) is 1. The lowest BCUT2D eigenvalue weighted by Gasteiger charge is -2.15. The number of halogens is 2. The monoisotopic (exact) mass is 554 g/mol. The summed E-state index contributed by atoms with van der Waals surface area (Å²) < 4.78 is 52.6. The lowest BCUT2D eigenvalue weighted by molar-refractivity contribution is 0.224. The van der Waals surface area contributed by atoms with Gasteiger partial charge in [0.25, 0.3) is 6.43 Å². The Morgan fingerprint density at radius 3 is 2.39 bits per heavy atom. The number of alkyl halides is 2. The number of sulfone groups is 1. The number of anilines is 2. The second-order valence-corrected chi connectivity index (χ2v) is 12.0. The second kappa shape index (κ2) is 9.91. The van der Waals surface area contributed by atoms with E-state index in [1.165, 1.54) is 11.3 Å². The van der Waals surface area contributed by atoms with Gasteiger partial charge in [0.05, 0.1) is 33.4 Å². The van der Waals surface area contributed by atoms with E-state index in [1.54, 1.807) is 31.2 Å². The van der Waals surface area contributed by atoms with Crippen molar-refractivity contribution in [2.75, 3.05) is 11.6 Å². The van der Waals surface area contributed by atoms with E-state index in [-0.39, 0.29) is 22.7 Å². The zero-order valence-corrected chi connectivity index (χ0v) is 22.7. The molecule has 0 saturated heterocycles. The molecule has 0 amide bonds. The smallest absolute Gasteiger partial charge is 0.277 e. The van der Waals surface area contributed by atoms with Crippen LogP contribution in [-0.4, -0.2) is 46.7 Å². The molecule has 0 unspecified atom stereocenters. The van der Waals surface area contributed by atoms with Crippen LogP contribution in [-0.2, 0) is 22.7 Å². The Kier molecular flexibility index (Phi) is 6.78. The normalized spacial score (nSPS) is 13.1. The molecular weight excluding hydrogens is 530 g/mol. The summed E-state index contributed by atoms with van der Waals surface area (Å²) >= 11 is 1.42. The van der Waals surface area contributed by atoms with Crippen LogP contribution in [0.25, 0.3) is 10.6 Å². The highest BCUT2D eigenvalue weighted by atomic mass is 32.2. The second-order valence-electron chi connectivity index (χ2n) is 9.16. The van der Waals surface area contributed by atoms with Crippen molar-refractivity contribution in [2.24, 2.45) is 4.99 Å². The summed E-state index contributed by atoms with van der Waals surface area (Å²) in [4.78, 5) is 22.0. The molecule has 38 heavy (non-hydrogen) atoms. The maximum atomic E-state index is 13.5. The van der Waals surface area contributed by atoms with E-state index >= 15 is 0 Å². The van der Waals surface area contributed by atoms with E-state index in [9.17, 15) is 17.2 Å². The Balaban J connectivity index is 1.59. The largest absolute Gasteiger partial charge is 0.353 e. The number of aliphatic imine (C=N–C) groups is 1. The number of fused-ring (bicyclic) bond motifs is 1. The van der Waals surface area contributed by atoms with Gasteiger partial charge in [-0.2, -0.15) is 0 Å². The number of aromatic nitrogens is 4. The number of nitrogens with zero attached hydrogens (tertiary/aromatic N) is 5. The van der Waals surface area contributed by atoms with Crippen LogP contribution >= 0.6 is 11.3 Å². The van der Waals surface area contributed by atoms with Crippen LogP contribution in [0, 0.1) is 20.8 Å². The number of aryl methyl sites for hydroxylation is 3. The summed E-state index contributed by atoms with van der Waals surface area (Å²) in [6.45, 7) is 5.53.